The van der Waals surface area contributed by atoms with Crippen molar-refractivity contribution in [2.24, 2.45) is 0 Å². The summed E-state index contributed by atoms with van der Waals surface area (Å²) in [4.78, 5) is 24.4. The second-order valence-corrected chi connectivity index (χ2v) is 8.95. The fourth-order valence-electron chi connectivity index (χ4n) is 3.06. The van der Waals surface area contributed by atoms with E-state index in [-0.39, 0.29) is 11.9 Å². The fourth-order valence-corrected chi connectivity index (χ4v) is 4.51. The third-order valence-corrected chi connectivity index (χ3v) is 5.92. The number of rotatable bonds is 4. The summed E-state index contributed by atoms with van der Waals surface area (Å²) in [6, 6.07) is 4.12. The zero-order valence-electron chi connectivity index (χ0n) is 15.5. The number of thiophene rings is 1. The average Bonchev–Trinajstić information content (AvgIpc) is 3.33. The Balaban J connectivity index is 1.90. The predicted octanol–water partition coefficient (Wildman–Crippen LogP) is 5.07. The first-order valence-corrected chi connectivity index (χ1v) is 10.3. The van der Waals surface area contributed by atoms with Gasteiger partial charge in [-0.25, -0.2) is 14.6 Å². The Morgan fingerprint density at radius 2 is 2.07 bits per heavy atom. The van der Waals surface area contributed by atoms with E-state index < -0.39 is 0 Å². The van der Waals surface area contributed by atoms with Crippen LogP contribution < -0.4 is 5.32 Å². The lowest BCUT2D eigenvalue weighted by Gasteiger charge is -2.10. The number of nitrogens with one attached hydrogen (secondary N) is 1. The quantitative estimate of drug-likeness (QED) is 0.522. The molecule has 0 unspecified atom stereocenters. The van der Waals surface area contributed by atoms with Crippen molar-refractivity contribution in [1.29, 1.82) is 0 Å². The van der Waals surface area contributed by atoms with E-state index >= 15 is 0 Å². The molecule has 0 fully saturated rings. The molecule has 0 atom stereocenters. The van der Waals surface area contributed by atoms with Gasteiger partial charge in [0.1, 0.15) is 0 Å². The van der Waals surface area contributed by atoms with Crippen molar-refractivity contribution in [1.82, 2.24) is 19.7 Å². The molecule has 4 aromatic rings. The summed E-state index contributed by atoms with van der Waals surface area (Å²) in [6.45, 7) is 8.26. The molecule has 4 aromatic heterocycles. The summed E-state index contributed by atoms with van der Waals surface area (Å²) in [5.41, 5.74) is 3.12. The highest BCUT2D eigenvalue weighted by atomic mass is 32.1. The summed E-state index contributed by atoms with van der Waals surface area (Å²) < 4.78 is 1.85. The van der Waals surface area contributed by atoms with E-state index in [1.807, 2.05) is 16.1 Å². The van der Waals surface area contributed by atoms with E-state index in [0.29, 0.717) is 10.7 Å². The lowest BCUT2D eigenvalue weighted by Crippen LogP contribution is -2.13. The molecule has 0 bridgehead atoms. The number of thiazole rings is 1. The summed E-state index contributed by atoms with van der Waals surface area (Å²) in [6.07, 6.45) is 3.39. The Hall–Kier alpha value is -2.58. The van der Waals surface area contributed by atoms with Crippen LogP contribution in [-0.4, -0.2) is 25.7 Å². The number of anilines is 1. The molecule has 1 amide bonds. The Labute approximate surface area is 164 Å². The van der Waals surface area contributed by atoms with E-state index in [1.165, 1.54) is 21.1 Å². The van der Waals surface area contributed by atoms with Gasteiger partial charge in [-0.15, -0.1) is 22.7 Å². The Morgan fingerprint density at radius 1 is 1.26 bits per heavy atom. The number of fused-ring (bicyclic) bond motifs is 1. The number of hydrogen-bond acceptors (Lipinski definition) is 6. The normalized spacial score (nSPS) is 11.4. The number of aryl methyl sites for hydroxylation is 2. The third kappa shape index (κ3) is 3.26. The maximum Gasteiger partial charge on any atom is 0.258 e. The molecule has 0 aliphatic heterocycles. The molecular formula is C19H19N5OS2. The highest BCUT2D eigenvalue weighted by Gasteiger charge is 2.20. The van der Waals surface area contributed by atoms with Crippen LogP contribution in [0.5, 0.6) is 0 Å². The number of pyridine rings is 1. The van der Waals surface area contributed by atoms with Gasteiger partial charge in [0.25, 0.3) is 5.91 Å². The minimum Gasteiger partial charge on any atom is -0.298 e. The van der Waals surface area contributed by atoms with Gasteiger partial charge in [-0.05, 0) is 39.8 Å². The van der Waals surface area contributed by atoms with Crippen molar-refractivity contribution in [2.75, 3.05) is 5.32 Å². The van der Waals surface area contributed by atoms with E-state index in [4.69, 9.17) is 4.98 Å². The van der Waals surface area contributed by atoms with Crippen LogP contribution >= 0.6 is 22.7 Å². The molecule has 0 spiro atoms. The summed E-state index contributed by atoms with van der Waals surface area (Å²) >= 11 is 3.12. The van der Waals surface area contributed by atoms with Crippen molar-refractivity contribution in [3.8, 4) is 11.3 Å². The number of hydrogen-bond donors (Lipinski definition) is 1. The summed E-state index contributed by atoms with van der Waals surface area (Å²) in [7, 11) is 0. The van der Waals surface area contributed by atoms with Crippen LogP contribution in [0.25, 0.3) is 22.3 Å². The van der Waals surface area contributed by atoms with E-state index in [1.54, 1.807) is 23.7 Å². The molecule has 0 aliphatic rings. The second-order valence-electron chi connectivity index (χ2n) is 6.59. The maximum absolute atomic E-state index is 13.0. The summed E-state index contributed by atoms with van der Waals surface area (Å²) in [5, 5.41) is 10.5. The van der Waals surface area contributed by atoms with E-state index in [9.17, 15) is 4.79 Å². The van der Waals surface area contributed by atoms with Crippen molar-refractivity contribution >= 4 is 44.7 Å². The van der Waals surface area contributed by atoms with Crippen LogP contribution in [0.15, 0.2) is 29.9 Å². The predicted molar refractivity (Wildman–Crippen MR) is 111 cm³/mol. The molecule has 27 heavy (non-hydrogen) atoms. The average molecular weight is 398 g/mol. The SMILES string of the molecule is Cc1cc(-c2cc(C(=O)Nc3nccs3)c3cnn(C(C)C)c3n2)c(C)s1. The zero-order valence-corrected chi connectivity index (χ0v) is 17.1. The van der Waals surface area contributed by atoms with Crippen molar-refractivity contribution in [3.63, 3.8) is 0 Å². The molecule has 4 heterocycles. The molecule has 1 N–H and O–H groups in total. The molecule has 0 saturated heterocycles. The number of carbonyl (C=O) groups is 1. The standard InChI is InChI=1S/C19H19N5OS2/c1-10(2)24-17-15(9-21-24)14(18(25)23-19-20-5-6-26-19)8-16(22-17)13-7-11(3)27-12(13)4/h5-10H,1-4H3,(H,20,23,25). The third-order valence-electron chi connectivity index (χ3n) is 4.27. The molecular weight excluding hydrogens is 378 g/mol. The number of carbonyl (C=O) groups excluding carboxylic acids is 1. The minimum absolute atomic E-state index is 0.144. The van der Waals surface area contributed by atoms with Crippen LogP contribution in [0.4, 0.5) is 5.13 Å². The van der Waals surface area contributed by atoms with Crippen LogP contribution in [0.1, 0.15) is 40.0 Å². The zero-order chi connectivity index (χ0) is 19.1. The lowest BCUT2D eigenvalue weighted by atomic mass is 10.1. The van der Waals surface area contributed by atoms with E-state index in [0.717, 1.165) is 22.3 Å². The van der Waals surface area contributed by atoms with Crippen LogP contribution in [0.2, 0.25) is 0 Å². The van der Waals surface area contributed by atoms with E-state index in [2.05, 4.69) is 49.2 Å². The molecule has 0 aromatic carbocycles. The second kappa shape index (κ2) is 6.86. The number of aromatic nitrogens is 4. The highest BCUT2D eigenvalue weighted by molar-refractivity contribution is 7.13. The number of amides is 1. The maximum atomic E-state index is 13.0. The monoisotopic (exact) mass is 397 g/mol. The molecule has 0 radical (unpaired) electrons. The molecule has 4 rings (SSSR count). The van der Waals surface area contributed by atoms with Gasteiger partial charge in [0.15, 0.2) is 10.8 Å². The topological polar surface area (TPSA) is 72.7 Å². The van der Waals surface area contributed by atoms with Crippen molar-refractivity contribution in [2.45, 2.75) is 33.7 Å². The van der Waals surface area contributed by atoms with Gasteiger partial charge in [0.2, 0.25) is 0 Å². The number of nitrogens with zero attached hydrogens (tertiary/aromatic N) is 4. The minimum atomic E-state index is -0.202. The smallest absolute Gasteiger partial charge is 0.258 e. The molecule has 8 heteroatoms. The van der Waals surface area contributed by atoms with Gasteiger partial charge in [-0.1, -0.05) is 0 Å². The first-order chi connectivity index (χ1) is 12.9. The molecule has 138 valence electrons. The van der Waals surface area contributed by atoms with Gasteiger partial charge >= 0.3 is 0 Å². The Bertz CT molecular complexity index is 1120. The van der Waals surface area contributed by atoms with Gasteiger partial charge in [-0.2, -0.15) is 5.10 Å². The first kappa shape index (κ1) is 17.8. The Kier molecular flexibility index (Phi) is 4.53. The molecule has 0 saturated carbocycles. The van der Waals surface area contributed by atoms with Crippen molar-refractivity contribution < 1.29 is 4.79 Å². The van der Waals surface area contributed by atoms with Crippen LogP contribution in [-0.2, 0) is 0 Å². The fraction of sp³-hybridized carbons (Fsp3) is 0.263. The summed E-state index contributed by atoms with van der Waals surface area (Å²) in [5.74, 6) is -0.202. The first-order valence-electron chi connectivity index (χ1n) is 8.60. The van der Waals surface area contributed by atoms with Gasteiger partial charge in [0.05, 0.1) is 22.8 Å². The van der Waals surface area contributed by atoms with Gasteiger partial charge < -0.3 is 0 Å². The highest BCUT2D eigenvalue weighted by Crippen LogP contribution is 2.32. The van der Waals surface area contributed by atoms with Gasteiger partial charge in [-0.3, -0.25) is 10.1 Å². The van der Waals surface area contributed by atoms with Crippen molar-refractivity contribution in [3.05, 3.63) is 45.2 Å². The molecule has 0 aliphatic carbocycles. The largest absolute Gasteiger partial charge is 0.298 e. The van der Waals surface area contributed by atoms with Crippen LogP contribution in [0, 0.1) is 13.8 Å². The molecule has 6 nitrogen and oxygen atoms in total. The Morgan fingerprint density at radius 3 is 2.70 bits per heavy atom. The van der Waals surface area contributed by atoms with Crippen LogP contribution in [0.3, 0.4) is 0 Å². The van der Waals surface area contributed by atoms with Gasteiger partial charge in [0, 0.05) is 32.9 Å². The lowest BCUT2D eigenvalue weighted by molar-refractivity contribution is 0.102.